The first kappa shape index (κ1) is 44.4. The Kier molecular flexibility index (Phi) is 11.2. The van der Waals surface area contributed by atoms with E-state index in [0.29, 0.717) is 104 Å². The molecule has 2 aromatic heterocycles. The summed E-state index contributed by atoms with van der Waals surface area (Å²) in [5.74, 6) is -1.94. The number of rotatable bonds is 10. The molecule has 2 atom stereocenters. The summed E-state index contributed by atoms with van der Waals surface area (Å²) < 4.78 is 42.5. The highest BCUT2D eigenvalue weighted by Gasteiger charge is 2.45. The third-order valence-electron chi connectivity index (χ3n) is 14.5. The second-order valence-corrected chi connectivity index (χ2v) is 20.5. The number of carbonyl (C=O) groups excluding carboxylic acids is 5. The normalized spacial score (nSPS) is 21.3. The number of carbonyl (C=O) groups is 5. The van der Waals surface area contributed by atoms with E-state index in [-0.39, 0.29) is 47.6 Å². The molecule has 358 valence electrons. The zero-order valence-electron chi connectivity index (χ0n) is 37.9. The van der Waals surface area contributed by atoms with Gasteiger partial charge in [0.15, 0.2) is 0 Å². The van der Waals surface area contributed by atoms with Crippen molar-refractivity contribution in [1.82, 2.24) is 35.0 Å². The van der Waals surface area contributed by atoms with E-state index in [1.165, 1.54) is 16.6 Å². The van der Waals surface area contributed by atoms with Crippen molar-refractivity contribution in [3.63, 3.8) is 0 Å². The monoisotopic (exact) mass is 958 g/mol. The number of piperidine rings is 2. The highest BCUT2D eigenvalue weighted by atomic mass is 32.2. The molecule has 8 heterocycles. The quantitative estimate of drug-likeness (QED) is 0.146. The number of sulfonamides is 1. The summed E-state index contributed by atoms with van der Waals surface area (Å²) in [6.45, 7) is 5.61. The van der Waals surface area contributed by atoms with Crippen molar-refractivity contribution in [3.05, 3.63) is 89.4 Å². The summed E-state index contributed by atoms with van der Waals surface area (Å²) >= 11 is 0. The molecule has 11 rings (SSSR count). The SMILES string of the molecule is CS(=O)(=O)N1CCc2cccc(Nc3nc(Nc4ccc(N5CCC(N6CCN(C(=O)C7CCN(c8ccc9c(c8)C(=O)N(C8CCC(=O)NC8=O)C9=O)C7)CC6)CC5)c(F)c4)nc4[nH]ccc34)c21. The number of imide groups is 2. The summed E-state index contributed by atoms with van der Waals surface area (Å²) in [6, 6.07) is 16.8. The van der Waals surface area contributed by atoms with Crippen LogP contribution in [0.4, 0.5) is 44.6 Å². The minimum absolute atomic E-state index is 0.0517. The number of anilines is 7. The smallest absolute Gasteiger partial charge is 0.262 e. The summed E-state index contributed by atoms with van der Waals surface area (Å²) in [4.78, 5) is 86.5. The lowest BCUT2D eigenvalue weighted by Crippen LogP contribution is -2.55. The lowest BCUT2D eigenvalue weighted by atomic mass is 10.0. The number of benzene rings is 3. The molecule has 0 radical (unpaired) electrons. The van der Waals surface area contributed by atoms with Crippen LogP contribution in [-0.2, 0) is 30.8 Å². The number of aromatic amines is 1. The maximum absolute atomic E-state index is 15.9. The van der Waals surface area contributed by atoms with Crippen molar-refractivity contribution in [2.45, 2.75) is 50.6 Å². The Labute approximate surface area is 397 Å². The molecule has 19 nitrogen and oxygen atoms in total. The minimum Gasteiger partial charge on any atom is -0.371 e. The van der Waals surface area contributed by atoms with Crippen molar-refractivity contribution >= 4 is 90.8 Å². The number of H-pyrrole nitrogens is 1. The van der Waals surface area contributed by atoms with E-state index in [4.69, 9.17) is 4.98 Å². The van der Waals surface area contributed by atoms with Gasteiger partial charge in [-0.25, -0.2) is 12.8 Å². The van der Waals surface area contributed by atoms with E-state index >= 15 is 4.39 Å². The van der Waals surface area contributed by atoms with Crippen molar-refractivity contribution in [2.75, 3.05) is 89.9 Å². The van der Waals surface area contributed by atoms with Crippen LogP contribution in [0.5, 0.6) is 0 Å². The second kappa shape index (κ2) is 17.4. The Morgan fingerprint density at radius 1 is 0.797 bits per heavy atom. The van der Waals surface area contributed by atoms with Crippen LogP contribution in [0.15, 0.2) is 66.9 Å². The van der Waals surface area contributed by atoms with Gasteiger partial charge in [-0.1, -0.05) is 12.1 Å². The van der Waals surface area contributed by atoms with E-state index in [2.05, 4.69) is 40.6 Å². The fraction of sp³-hybridized carbons (Fsp3) is 0.396. The Bertz CT molecular complexity index is 3060. The highest BCUT2D eigenvalue weighted by molar-refractivity contribution is 7.92. The van der Waals surface area contributed by atoms with E-state index in [1.807, 2.05) is 35.2 Å². The van der Waals surface area contributed by atoms with Crippen LogP contribution < -0.4 is 30.1 Å². The van der Waals surface area contributed by atoms with Gasteiger partial charge in [-0.2, -0.15) is 9.97 Å². The van der Waals surface area contributed by atoms with E-state index < -0.39 is 39.7 Å². The number of nitrogens with one attached hydrogen (secondary N) is 4. The van der Waals surface area contributed by atoms with Gasteiger partial charge < -0.3 is 30.3 Å². The average Bonchev–Trinajstić information content (AvgIpc) is 4.16. The average molecular weight is 959 g/mol. The lowest BCUT2D eigenvalue weighted by molar-refractivity contribution is -0.137. The number of hydrogen-bond acceptors (Lipinski definition) is 14. The molecule has 6 aliphatic rings. The first-order chi connectivity index (χ1) is 33.3. The molecule has 5 aromatic rings. The first-order valence-electron chi connectivity index (χ1n) is 23.4. The zero-order chi connectivity index (χ0) is 47.7. The Hall–Kier alpha value is -7.13. The fourth-order valence-corrected chi connectivity index (χ4v) is 11.9. The molecule has 4 fully saturated rings. The summed E-state index contributed by atoms with van der Waals surface area (Å²) in [7, 11) is -3.49. The number of hydrogen-bond donors (Lipinski definition) is 4. The number of aromatic nitrogens is 3. The summed E-state index contributed by atoms with van der Waals surface area (Å²) in [5, 5.41) is 9.43. The predicted octanol–water partition coefficient (Wildman–Crippen LogP) is 3.95. The van der Waals surface area contributed by atoms with Crippen LogP contribution in [0.1, 0.15) is 58.4 Å². The maximum atomic E-state index is 15.9. The molecule has 6 aliphatic heterocycles. The van der Waals surface area contributed by atoms with E-state index in [0.717, 1.165) is 42.1 Å². The molecule has 69 heavy (non-hydrogen) atoms. The molecular weight excluding hydrogens is 908 g/mol. The Morgan fingerprint density at radius 3 is 2.35 bits per heavy atom. The fourth-order valence-electron chi connectivity index (χ4n) is 10.9. The maximum Gasteiger partial charge on any atom is 0.262 e. The number of nitrogens with zero attached hydrogens (tertiary/aromatic N) is 8. The zero-order valence-corrected chi connectivity index (χ0v) is 38.7. The van der Waals surface area contributed by atoms with Crippen LogP contribution in [-0.4, -0.2) is 145 Å². The second-order valence-electron chi connectivity index (χ2n) is 18.6. The van der Waals surface area contributed by atoms with Gasteiger partial charge in [-0.05, 0) is 86.2 Å². The Morgan fingerprint density at radius 2 is 1.58 bits per heavy atom. The molecule has 3 aromatic carbocycles. The van der Waals surface area contributed by atoms with Gasteiger partial charge >= 0.3 is 0 Å². The predicted molar refractivity (Wildman–Crippen MR) is 256 cm³/mol. The number of fused-ring (bicyclic) bond motifs is 3. The third-order valence-corrected chi connectivity index (χ3v) is 15.7. The summed E-state index contributed by atoms with van der Waals surface area (Å²) in [6.07, 6.45) is 6.08. The molecule has 0 spiro atoms. The van der Waals surface area contributed by atoms with Crippen LogP contribution in [0.3, 0.4) is 0 Å². The van der Waals surface area contributed by atoms with Crippen LogP contribution in [0.2, 0.25) is 0 Å². The molecular formula is C48H51FN12O7S. The van der Waals surface area contributed by atoms with Crippen molar-refractivity contribution in [3.8, 4) is 0 Å². The molecule has 5 amide bonds. The van der Waals surface area contributed by atoms with E-state index in [1.54, 1.807) is 30.5 Å². The standard InChI is InChI=1S/C48H51FN12O7S/c1-69(67,68)60-20-13-28-3-2-4-37(41(28)60)52-43-34-11-16-50-42(34)54-48(55-43)51-30-5-8-38(36(49)25-30)57-18-14-31(15-19-57)56-21-23-58(24-22-56)45(64)29-12-17-59(27-29)32-6-7-33-35(26-32)47(66)61(46(33)65)39-9-10-40(62)53-44(39)63/h2-8,11,16,25-26,29,31,39H,9-10,12-15,17-24,27H2,1H3,(H,53,62,63)(H3,50,51,52,54,55). The van der Waals surface area contributed by atoms with Crippen LogP contribution in [0, 0.1) is 11.7 Å². The number of para-hydroxylation sites is 1. The van der Waals surface area contributed by atoms with Crippen molar-refractivity contribution in [1.29, 1.82) is 0 Å². The molecule has 0 bridgehead atoms. The van der Waals surface area contributed by atoms with Gasteiger partial charge in [0, 0.05) is 88.9 Å². The number of amides is 5. The lowest BCUT2D eigenvalue weighted by Gasteiger charge is -2.43. The van der Waals surface area contributed by atoms with Crippen molar-refractivity contribution < 1.29 is 36.8 Å². The van der Waals surface area contributed by atoms with Gasteiger partial charge in [-0.15, -0.1) is 0 Å². The molecule has 0 aliphatic carbocycles. The molecule has 21 heteroatoms. The molecule has 0 saturated carbocycles. The van der Waals surface area contributed by atoms with Gasteiger partial charge in [0.25, 0.3) is 11.8 Å². The van der Waals surface area contributed by atoms with Gasteiger partial charge in [0.05, 0.1) is 45.7 Å². The van der Waals surface area contributed by atoms with Gasteiger partial charge in [-0.3, -0.25) is 43.4 Å². The summed E-state index contributed by atoms with van der Waals surface area (Å²) in [5.41, 5.74) is 4.85. The van der Waals surface area contributed by atoms with Gasteiger partial charge in [0.1, 0.15) is 23.3 Å². The van der Waals surface area contributed by atoms with Crippen molar-refractivity contribution in [2.24, 2.45) is 5.92 Å². The number of piperazine rings is 1. The van der Waals surface area contributed by atoms with E-state index in [9.17, 15) is 32.4 Å². The van der Waals surface area contributed by atoms with Crippen LogP contribution >= 0.6 is 0 Å². The molecule has 4 N–H and O–H groups in total. The first-order valence-corrected chi connectivity index (χ1v) is 25.3. The molecule has 2 unspecified atom stereocenters. The van der Waals surface area contributed by atoms with Crippen LogP contribution in [0.25, 0.3) is 11.0 Å². The topological polar surface area (TPSA) is 217 Å². The Balaban J connectivity index is 0.668. The number of halogens is 1. The highest BCUT2D eigenvalue weighted by Crippen LogP contribution is 2.40. The third kappa shape index (κ3) is 8.25. The van der Waals surface area contributed by atoms with Gasteiger partial charge in [0.2, 0.25) is 33.7 Å². The largest absolute Gasteiger partial charge is 0.371 e. The molecule has 4 saturated heterocycles. The minimum atomic E-state index is -3.49.